The third-order valence-electron chi connectivity index (χ3n) is 6.43. The number of anilines is 1. The minimum Gasteiger partial charge on any atom is -0.489 e. The average molecular weight is 501 g/mol. The molecule has 5 rings (SSSR count). The van der Waals surface area contributed by atoms with Crippen molar-refractivity contribution in [3.63, 3.8) is 0 Å². The zero-order chi connectivity index (χ0) is 25.6. The fourth-order valence-corrected chi connectivity index (χ4v) is 4.42. The van der Waals surface area contributed by atoms with E-state index in [9.17, 15) is 9.18 Å². The number of hydrogen-bond acceptors (Lipinski definition) is 7. The van der Waals surface area contributed by atoms with Crippen molar-refractivity contribution in [2.24, 2.45) is 0 Å². The number of rotatable bonds is 8. The second-order valence-corrected chi connectivity index (χ2v) is 9.14. The van der Waals surface area contributed by atoms with Gasteiger partial charge in [-0.2, -0.15) is 5.10 Å². The Morgan fingerprint density at radius 2 is 1.76 bits per heavy atom. The van der Waals surface area contributed by atoms with E-state index < -0.39 is 5.82 Å². The van der Waals surface area contributed by atoms with E-state index in [1.807, 2.05) is 24.3 Å². The molecule has 190 valence electrons. The van der Waals surface area contributed by atoms with Gasteiger partial charge >= 0.3 is 0 Å². The first kappa shape index (κ1) is 24.6. The van der Waals surface area contributed by atoms with E-state index in [2.05, 4.69) is 20.0 Å². The van der Waals surface area contributed by atoms with Crippen molar-refractivity contribution in [3.8, 4) is 28.4 Å². The minimum atomic E-state index is -0.492. The fraction of sp³-hybridized carbons (Fsp3) is 0.286. The Hall–Kier alpha value is -4.11. The maximum absolute atomic E-state index is 13.6. The first-order chi connectivity index (χ1) is 18.0. The summed E-state index contributed by atoms with van der Waals surface area (Å²) in [7, 11) is 0. The van der Waals surface area contributed by atoms with Crippen molar-refractivity contribution in [3.05, 3.63) is 88.7 Å². The Morgan fingerprint density at radius 1 is 0.946 bits per heavy atom. The molecule has 1 aliphatic rings. The molecular weight excluding hydrogens is 471 g/mol. The van der Waals surface area contributed by atoms with E-state index in [1.54, 1.807) is 24.5 Å². The van der Waals surface area contributed by atoms with Crippen LogP contribution in [0.4, 0.5) is 10.1 Å². The molecule has 2 aromatic carbocycles. The molecule has 4 aromatic rings. The first-order valence-electron chi connectivity index (χ1n) is 12.5. The standard InChI is InChI=1S/C28H29FN6O2/c29-24-8-7-21(16-25(24)30)26-9-10-27(36)35(33-26)19-20-5-4-6-22(15-20)28-31-17-23(18-32-28)37-14-13-34-11-2-1-3-12-34/h4-10,15-18H,1-3,11-14,19,30H2. The summed E-state index contributed by atoms with van der Waals surface area (Å²) in [6.07, 6.45) is 7.22. The van der Waals surface area contributed by atoms with E-state index in [0.29, 0.717) is 29.4 Å². The predicted molar refractivity (Wildman–Crippen MR) is 141 cm³/mol. The molecule has 1 aliphatic heterocycles. The third kappa shape index (κ3) is 6.18. The molecule has 0 aliphatic carbocycles. The summed E-state index contributed by atoms with van der Waals surface area (Å²) in [5.74, 6) is 0.722. The van der Waals surface area contributed by atoms with Gasteiger partial charge < -0.3 is 10.5 Å². The monoisotopic (exact) mass is 500 g/mol. The van der Waals surface area contributed by atoms with E-state index in [4.69, 9.17) is 10.5 Å². The van der Waals surface area contributed by atoms with Crippen molar-refractivity contribution < 1.29 is 9.13 Å². The predicted octanol–water partition coefficient (Wildman–Crippen LogP) is 4.00. The number of aromatic nitrogens is 4. The van der Waals surface area contributed by atoms with Gasteiger partial charge in [-0.1, -0.05) is 24.6 Å². The number of nitrogen functional groups attached to an aromatic ring is 1. The Bertz CT molecular complexity index is 1420. The molecule has 0 bridgehead atoms. The SMILES string of the molecule is Nc1cc(-c2ccc(=O)n(Cc3cccc(-c4ncc(OCCN5CCCCC5)cn4)c3)n2)ccc1F. The molecule has 8 nitrogen and oxygen atoms in total. The number of nitrogens with two attached hydrogens (primary N) is 1. The number of halogens is 1. The smallest absolute Gasteiger partial charge is 0.267 e. The Kier molecular flexibility index (Phi) is 7.51. The molecule has 0 spiro atoms. The number of nitrogens with zero attached hydrogens (tertiary/aromatic N) is 5. The number of benzene rings is 2. The van der Waals surface area contributed by atoms with Crippen molar-refractivity contribution >= 4 is 5.69 Å². The lowest BCUT2D eigenvalue weighted by atomic mass is 10.1. The molecule has 0 unspecified atom stereocenters. The van der Waals surface area contributed by atoms with Crippen molar-refractivity contribution in [2.45, 2.75) is 25.8 Å². The zero-order valence-corrected chi connectivity index (χ0v) is 20.5. The number of piperidine rings is 1. The molecule has 2 aromatic heterocycles. The normalized spacial score (nSPS) is 14.0. The van der Waals surface area contributed by atoms with Gasteiger partial charge in [0.1, 0.15) is 12.4 Å². The van der Waals surface area contributed by atoms with Gasteiger partial charge in [-0.25, -0.2) is 19.0 Å². The summed E-state index contributed by atoms with van der Waals surface area (Å²) in [6, 6.07) is 15.1. The summed E-state index contributed by atoms with van der Waals surface area (Å²) in [5, 5.41) is 4.46. The van der Waals surface area contributed by atoms with Crippen LogP contribution in [-0.2, 0) is 6.54 Å². The van der Waals surface area contributed by atoms with E-state index in [1.165, 1.54) is 42.1 Å². The van der Waals surface area contributed by atoms with E-state index in [0.717, 1.165) is 30.8 Å². The van der Waals surface area contributed by atoms with Crippen molar-refractivity contribution in [1.82, 2.24) is 24.6 Å². The van der Waals surface area contributed by atoms with Crippen LogP contribution in [0.1, 0.15) is 24.8 Å². The lowest BCUT2D eigenvalue weighted by Crippen LogP contribution is -2.33. The highest BCUT2D eigenvalue weighted by Gasteiger charge is 2.11. The van der Waals surface area contributed by atoms with Crippen LogP contribution in [0.5, 0.6) is 5.75 Å². The molecule has 1 fully saturated rings. The topological polar surface area (TPSA) is 99.2 Å². The minimum absolute atomic E-state index is 0.0307. The highest BCUT2D eigenvalue weighted by atomic mass is 19.1. The first-order valence-corrected chi connectivity index (χ1v) is 12.5. The molecule has 0 atom stereocenters. The maximum atomic E-state index is 13.6. The second-order valence-electron chi connectivity index (χ2n) is 9.14. The molecule has 9 heteroatoms. The number of hydrogen-bond donors (Lipinski definition) is 1. The molecule has 0 radical (unpaired) electrons. The van der Waals surface area contributed by atoms with Crippen LogP contribution in [0.25, 0.3) is 22.6 Å². The van der Waals surface area contributed by atoms with Crippen LogP contribution in [0.15, 0.2) is 71.8 Å². The van der Waals surface area contributed by atoms with Crippen LogP contribution < -0.4 is 16.0 Å². The Labute approximate surface area is 214 Å². The largest absolute Gasteiger partial charge is 0.489 e. The van der Waals surface area contributed by atoms with Gasteiger partial charge in [-0.3, -0.25) is 9.69 Å². The van der Waals surface area contributed by atoms with Gasteiger partial charge in [0, 0.05) is 23.7 Å². The van der Waals surface area contributed by atoms with E-state index >= 15 is 0 Å². The fourth-order valence-electron chi connectivity index (χ4n) is 4.42. The molecule has 1 saturated heterocycles. The molecule has 0 amide bonds. The van der Waals surface area contributed by atoms with Gasteiger partial charge in [0.2, 0.25) is 0 Å². The second kappa shape index (κ2) is 11.3. The van der Waals surface area contributed by atoms with Gasteiger partial charge in [0.25, 0.3) is 5.56 Å². The van der Waals surface area contributed by atoms with Crippen molar-refractivity contribution in [2.75, 3.05) is 32.0 Å². The summed E-state index contributed by atoms with van der Waals surface area (Å²) in [6.45, 7) is 4.06. The van der Waals surface area contributed by atoms with Crippen molar-refractivity contribution in [1.29, 1.82) is 0 Å². The average Bonchev–Trinajstić information content (AvgIpc) is 2.93. The zero-order valence-electron chi connectivity index (χ0n) is 20.5. The number of ether oxygens (including phenoxy) is 1. The van der Waals surface area contributed by atoms with Gasteiger partial charge in [0.05, 0.1) is 30.3 Å². The Balaban J connectivity index is 1.26. The summed E-state index contributed by atoms with van der Waals surface area (Å²) < 4.78 is 20.8. The van der Waals surface area contributed by atoms with Gasteiger partial charge in [-0.05, 0) is 61.8 Å². The molecule has 2 N–H and O–H groups in total. The number of likely N-dealkylation sites (tertiary alicyclic amines) is 1. The quantitative estimate of drug-likeness (QED) is 0.365. The molecular formula is C28H29FN6O2. The molecule has 37 heavy (non-hydrogen) atoms. The van der Waals surface area contributed by atoms with Crippen LogP contribution >= 0.6 is 0 Å². The van der Waals surface area contributed by atoms with E-state index in [-0.39, 0.29) is 17.8 Å². The van der Waals surface area contributed by atoms with Crippen LogP contribution in [0.2, 0.25) is 0 Å². The lowest BCUT2D eigenvalue weighted by Gasteiger charge is -2.26. The molecule has 3 heterocycles. The lowest BCUT2D eigenvalue weighted by molar-refractivity contribution is 0.183. The third-order valence-corrected chi connectivity index (χ3v) is 6.43. The summed E-state index contributed by atoms with van der Waals surface area (Å²) in [4.78, 5) is 23.9. The summed E-state index contributed by atoms with van der Waals surface area (Å²) in [5.41, 5.74) is 8.34. The highest BCUT2D eigenvalue weighted by molar-refractivity contribution is 5.63. The molecule has 0 saturated carbocycles. The Morgan fingerprint density at radius 3 is 2.54 bits per heavy atom. The van der Waals surface area contributed by atoms with Crippen LogP contribution in [0, 0.1) is 5.82 Å². The van der Waals surface area contributed by atoms with Gasteiger partial charge in [-0.15, -0.1) is 0 Å². The van der Waals surface area contributed by atoms with Crippen LogP contribution in [0.3, 0.4) is 0 Å². The highest BCUT2D eigenvalue weighted by Crippen LogP contribution is 2.22. The maximum Gasteiger partial charge on any atom is 0.267 e. The van der Waals surface area contributed by atoms with Gasteiger partial charge in [0.15, 0.2) is 11.6 Å². The van der Waals surface area contributed by atoms with Crippen LogP contribution in [-0.4, -0.2) is 50.9 Å². The summed E-state index contributed by atoms with van der Waals surface area (Å²) >= 11 is 0.